The number of fused-ring (bicyclic) bond motifs is 1. The van der Waals surface area contributed by atoms with Crippen LogP contribution in [-0.4, -0.2) is 34.3 Å². The maximum atomic E-state index is 9.22. The van der Waals surface area contributed by atoms with E-state index in [1.54, 1.807) is 6.33 Å². The van der Waals surface area contributed by atoms with Crippen molar-refractivity contribution in [1.29, 1.82) is 0 Å². The fourth-order valence-corrected chi connectivity index (χ4v) is 1.26. The molecule has 0 aliphatic rings. The Morgan fingerprint density at radius 3 is 3.20 bits per heavy atom. The monoisotopic (exact) mass is 207 g/mol. The Balaban J connectivity index is 2.08. The van der Waals surface area contributed by atoms with Crippen molar-refractivity contribution in [3.8, 4) is 5.75 Å². The largest absolute Gasteiger partial charge is 0.491 e. The Kier molecular flexibility index (Phi) is 2.84. The van der Waals surface area contributed by atoms with Crippen molar-refractivity contribution >= 4 is 11.0 Å². The van der Waals surface area contributed by atoms with Gasteiger partial charge in [0.05, 0.1) is 17.4 Å². The molecule has 1 aromatic carbocycles. The van der Waals surface area contributed by atoms with E-state index in [0.717, 1.165) is 11.0 Å². The first-order valence-corrected chi connectivity index (χ1v) is 4.73. The van der Waals surface area contributed by atoms with Gasteiger partial charge in [-0.2, -0.15) is 0 Å². The van der Waals surface area contributed by atoms with Gasteiger partial charge in [-0.05, 0) is 12.1 Å². The van der Waals surface area contributed by atoms with Crippen LogP contribution in [0.5, 0.6) is 5.75 Å². The first-order valence-electron chi connectivity index (χ1n) is 4.73. The quantitative estimate of drug-likeness (QED) is 0.671. The summed E-state index contributed by atoms with van der Waals surface area (Å²) < 4.78 is 5.36. The number of benzene rings is 1. The van der Waals surface area contributed by atoms with Gasteiger partial charge >= 0.3 is 0 Å². The van der Waals surface area contributed by atoms with Gasteiger partial charge < -0.3 is 20.6 Å². The highest BCUT2D eigenvalue weighted by atomic mass is 16.5. The smallest absolute Gasteiger partial charge is 0.121 e. The number of aliphatic hydroxyl groups excluding tert-OH is 1. The number of ether oxygens (including phenoxy) is 1. The molecule has 0 aliphatic heterocycles. The molecule has 0 saturated carbocycles. The summed E-state index contributed by atoms with van der Waals surface area (Å²) in [7, 11) is 0. The number of nitrogens with zero attached hydrogens (tertiary/aromatic N) is 1. The van der Waals surface area contributed by atoms with E-state index in [1.165, 1.54) is 0 Å². The van der Waals surface area contributed by atoms with Crippen molar-refractivity contribution in [3.05, 3.63) is 24.5 Å². The fraction of sp³-hybridized carbons (Fsp3) is 0.300. The molecule has 5 nitrogen and oxygen atoms in total. The second kappa shape index (κ2) is 4.29. The van der Waals surface area contributed by atoms with Gasteiger partial charge in [-0.25, -0.2) is 4.98 Å². The average Bonchev–Trinajstić information content (AvgIpc) is 2.72. The van der Waals surface area contributed by atoms with Crippen molar-refractivity contribution in [1.82, 2.24) is 9.97 Å². The van der Waals surface area contributed by atoms with Gasteiger partial charge in [0.2, 0.25) is 0 Å². The van der Waals surface area contributed by atoms with E-state index >= 15 is 0 Å². The van der Waals surface area contributed by atoms with E-state index in [2.05, 4.69) is 9.97 Å². The van der Waals surface area contributed by atoms with Crippen LogP contribution >= 0.6 is 0 Å². The van der Waals surface area contributed by atoms with E-state index in [1.807, 2.05) is 18.2 Å². The number of aliphatic hydroxyl groups is 1. The Hall–Kier alpha value is -1.59. The average molecular weight is 207 g/mol. The van der Waals surface area contributed by atoms with Crippen LogP contribution in [0, 0.1) is 0 Å². The topological polar surface area (TPSA) is 84.2 Å². The van der Waals surface area contributed by atoms with Gasteiger partial charge in [0.1, 0.15) is 18.5 Å². The summed E-state index contributed by atoms with van der Waals surface area (Å²) in [6.07, 6.45) is 1.01. The second-order valence-electron chi connectivity index (χ2n) is 3.28. The SMILES string of the molecule is NCC(O)COc1ccc2nc[nH]c2c1. The molecule has 0 radical (unpaired) electrons. The molecule has 0 spiro atoms. The number of hydrogen-bond donors (Lipinski definition) is 3. The predicted molar refractivity (Wildman–Crippen MR) is 56.6 cm³/mol. The number of nitrogens with one attached hydrogen (secondary N) is 1. The first kappa shape index (κ1) is 9.95. The zero-order valence-corrected chi connectivity index (χ0v) is 8.18. The van der Waals surface area contributed by atoms with Crippen molar-refractivity contribution in [2.24, 2.45) is 5.73 Å². The highest BCUT2D eigenvalue weighted by molar-refractivity contribution is 5.75. The fourth-order valence-electron chi connectivity index (χ4n) is 1.26. The highest BCUT2D eigenvalue weighted by Crippen LogP contribution is 2.17. The van der Waals surface area contributed by atoms with E-state index in [0.29, 0.717) is 5.75 Å². The van der Waals surface area contributed by atoms with Crippen molar-refractivity contribution in [2.45, 2.75) is 6.10 Å². The lowest BCUT2D eigenvalue weighted by atomic mass is 10.3. The Labute approximate surface area is 86.9 Å². The van der Waals surface area contributed by atoms with Crippen molar-refractivity contribution in [2.75, 3.05) is 13.2 Å². The maximum absolute atomic E-state index is 9.22. The van der Waals surface area contributed by atoms with Gasteiger partial charge in [-0.3, -0.25) is 0 Å². The van der Waals surface area contributed by atoms with Crippen LogP contribution in [0.25, 0.3) is 11.0 Å². The van der Waals surface area contributed by atoms with Crippen LogP contribution in [0.15, 0.2) is 24.5 Å². The molecule has 0 aliphatic carbocycles. The molecule has 0 fully saturated rings. The molecule has 2 aromatic rings. The summed E-state index contributed by atoms with van der Waals surface area (Å²) in [6.45, 7) is 0.405. The maximum Gasteiger partial charge on any atom is 0.121 e. The molecule has 1 unspecified atom stereocenters. The number of rotatable bonds is 4. The Morgan fingerprint density at radius 2 is 2.40 bits per heavy atom. The van der Waals surface area contributed by atoms with Crippen molar-refractivity contribution < 1.29 is 9.84 Å². The summed E-state index contributed by atoms with van der Waals surface area (Å²) in [5.74, 6) is 0.694. The van der Waals surface area contributed by atoms with Gasteiger partial charge in [0.15, 0.2) is 0 Å². The molecule has 1 atom stereocenters. The Morgan fingerprint density at radius 1 is 1.53 bits per heavy atom. The molecule has 5 heteroatoms. The molecule has 80 valence electrons. The van der Waals surface area contributed by atoms with Crippen LogP contribution in [-0.2, 0) is 0 Å². The number of nitrogens with two attached hydrogens (primary N) is 1. The highest BCUT2D eigenvalue weighted by Gasteiger charge is 2.03. The van der Waals surface area contributed by atoms with E-state index in [4.69, 9.17) is 10.5 Å². The third-order valence-corrected chi connectivity index (χ3v) is 2.11. The normalized spacial score (nSPS) is 12.9. The molecule has 0 amide bonds. The van der Waals surface area contributed by atoms with Crippen LogP contribution in [0.1, 0.15) is 0 Å². The minimum absolute atomic E-state index is 0.201. The number of hydrogen-bond acceptors (Lipinski definition) is 4. The first-order chi connectivity index (χ1) is 7.29. The van der Waals surface area contributed by atoms with Crippen molar-refractivity contribution in [3.63, 3.8) is 0 Å². The third-order valence-electron chi connectivity index (χ3n) is 2.11. The molecule has 1 heterocycles. The van der Waals surface area contributed by atoms with Gasteiger partial charge in [0, 0.05) is 12.6 Å². The van der Waals surface area contributed by atoms with E-state index < -0.39 is 6.10 Å². The molecule has 15 heavy (non-hydrogen) atoms. The van der Waals surface area contributed by atoms with Crippen LogP contribution in [0.3, 0.4) is 0 Å². The lowest BCUT2D eigenvalue weighted by molar-refractivity contribution is 0.114. The minimum atomic E-state index is -0.623. The summed E-state index contributed by atoms with van der Waals surface area (Å²) >= 11 is 0. The molecule has 0 bridgehead atoms. The molecule has 0 saturated heterocycles. The zero-order chi connectivity index (χ0) is 10.7. The zero-order valence-electron chi connectivity index (χ0n) is 8.18. The standard InChI is InChI=1S/C10H13N3O2/c11-4-7(14)5-15-8-1-2-9-10(3-8)13-6-12-9/h1-3,6-7,14H,4-5,11H2,(H,12,13). The van der Waals surface area contributed by atoms with Gasteiger partial charge in [-0.1, -0.05) is 0 Å². The molecule has 1 aromatic heterocycles. The van der Waals surface area contributed by atoms with Crippen LogP contribution in [0.2, 0.25) is 0 Å². The molecular formula is C10H13N3O2. The summed E-state index contributed by atoms with van der Waals surface area (Å²) in [4.78, 5) is 7.07. The van der Waals surface area contributed by atoms with Gasteiger partial charge in [0.25, 0.3) is 0 Å². The summed E-state index contributed by atoms with van der Waals surface area (Å²) in [6, 6.07) is 5.51. The summed E-state index contributed by atoms with van der Waals surface area (Å²) in [5.41, 5.74) is 7.07. The number of aromatic nitrogens is 2. The lowest BCUT2D eigenvalue weighted by Crippen LogP contribution is -2.26. The summed E-state index contributed by atoms with van der Waals surface area (Å²) in [5, 5.41) is 9.22. The van der Waals surface area contributed by atoms with E-state index in [9.17, 15) is 5.11 Å². The Bertz CT molecular complexity index is 441. The molecular weight excluding hydrogens is 194 g/mol. The lowest BCUT2D eigenvalue weighted by Gasteiger charge is -2.09. The molecule has 2 rings (SSSR count). The second-order valence-corrected chi connectivity index (χ2v) is 3.28. The van der Waals surface area contributed by atoms with Gasteiger partial charge in [-0.15, -0.1) is 0 Å². The minimum Gasteiger partial charge on any atom is -0.491 e. The number of H-pyrrole nitrogens is 1. The number of imidazole rings is 1. The molecule has 4 N–H and O–H groups in total. The number of aromatic amines is 1. The van der Waals surface area contributed by atoms with Crippen LogP contribution in [0.4, 0.5) is 0 Å². The third kappa shape index (κ3) is 2.26. The van der Waals surface area contributed by atoms with Crippen LogP contribution < -0.4 is 10.5 Å². The predicted octanol–water partition coefficient (Wildman–Crippen LogP) is 0.261. The van der Waals surface area contributed by atoms with E-state index in [-0.39, 0.29) is 13.2 Å².